The van der Waals surface area contributed by atoms with Crippen LogP contribution in [0.4, 0.5) is 0 Å². The first-order chi connectivity index (χ1) is 15.7. The van der Waals surface area contributed by atoms with Crippen molar-refractivity contribution in [3.63, 3.8) is 0 Å². The molecule has 0 spiro atoms. The third-order valence-corrected chi connectivity index (χ3v) is 6.23. The Hall–Kier alpha value is -2.61. The van der Waals surface area contributed by atoms with Gasteiger partial charge in [0.25, 0.3) is 0 Å². The van der Waals surface area contributed by atoms with Gasteiger partial charge in [-0.25, -0.2) is 0 Å². The van der Waals surface area contributed by atoms with Crippen LogP contribution in [0.15, 0.2) is 66.9 Å². The van der Waals surface area contributed by atoms with Crippen LogP contribution in [-0.4, -0.2) is 11.6 Å². The number of hydrogen-bond donors (Lipinski definition) is 0. The van der Waals surface area contributed by atoms with Gasteiger partial charge < -0.3 is 4.74 Å². The number of unbranched alkanes of at least 4 members (excludes halogenated alkanes) is 5. The quantitative estimate of drug-likeness (QED) is 0.254. The second-order valence-electron chi connectivity index (χ2n) is 8.83. The molecule has 0 amide bonds. The van der Waals surface area contributed by atoms with Crippen molar-refractivity contribution in [1.29, 1.82) is 0 Å². The van der Waals surface area contributed by atoms with Gasteiger partial charge in [-0.2, -0.15) is 0 Å². The predicted octanol–water partition coefficient (Wildman–Crippen LogP) is 8.59. The summed E-state index contributed by atoms with van der Waals surface area (Å²) in [7, 11) is 0. The Labute approximate surface area is 195 Å². The predicted molar refractivity (Wildman–Crippen MR) is 136 cm³/mol. The van der Waals surface area contributed by atoms with Crippen LogP contribution < -0.4 is 4.74 Å². The molecule has 1 aromatic heterocycles. The van der Waals surface area contributed by atoms with Crippen LogP contribution in [0.2, 0.25) is 0 Å². The average molecular weight is 430 g/mol. The molecule has 1 heterocycles. The first kappa shape index (κ1) is 24.0. The molecular formula is C30H39NO. The molecule has 0 radical (unpaired) electrons. The monoisotopic (exact) mass is 429 g/mol. The van der Waals surface area contributed by atoms with Gasteiger partial charge in [0, 0.05) is 17.8 Å². The molecular weight excluding hydrogens is 390 g/mol. The zero-order valence-electron chi connectivity index (χ0n) is 20.1. The van der Waals surface area contributed by atoms with E-state index in [-0.39, 0.29) is 5.92 Å². The molecule has 1 atom stereocenters. The van der Waals surface area contributed by atoms with E-state index in [1.165, 1.54) is 60.8 Å². The smallest absolute Gasteiger partial charge is 0.119 e. The Balaban J connectivity index is 1.56. The van der Waals surface area contributed by atoms with E-state index in [9.17, 15) is 0 Å². The molecule has 0 aliphatic carbocycles. The highest BCUT2D eigenvalue weighted by atomic mass is 16.5. The van der Waals surface area contributed by atoms with E-state index in [1.54, 1.807) is 0 Å². The fourth-order valence-corrected chi connectivity index (χ4v) is 4.02. The maximum absolute atomic E-state index is 5.83. The summed E-state index contributed by atoms with van der Waals surface area (Å²) in [4.78, 5) is 4.77. The van der Waals surface area contributed by atoms with Crippen LogP contribution in [0.3, 0.4) is 0 Å². The summed E-state index contributed by atoms with van der Waals surface area (Å²) in [5.74, 6) is 1.24. The molecule has 0 fully saturated rings. The number of benzene rings is 2. The van der Waals surface area contributed by atoms with Gasteiger partial charge in [-0.3, -0.25) is 4.98 Å². The highest BCUT2D eigenvalue weighted by Crippen LogP contribution is 2.27. The molecule has 1 unspecified atom stereocenters. The lowest BCUT2D eigenvalue weighted by Crippen LogP contribution is -2.00. The number of aryl methyl sites for hydroxylation is 1. The summed E-state index contributed by atoms with van der Waals surface area (Å²) in [6, 6.07) is 21.8. The Morgan fingerprint density at radius 1 is 0.719 bits per heavy atom. The minimum atomic E-state index is 0.289. The highest BCUT2D eigenvalue weighted by molar-refractivity contribution is 5.64. The summed E-state index contributed by atoms with van der Waals surface area (Å²) >= 11 is 0. The Morgan fingerprint density at radius 2 is 1.38 bits per heavy atom. The van der Waals surface area contributed by atoms with Gasteiger partial charge in [0.05, 0.1) is 6.61 Å². The van der Waals surface area contributed by atoms with Crippen molar-refractivity contribution >= 4 is 0 Å². The maximum atomic E-state index is 5.83. The van der Waals surface area contributed by atoms with E-state index in [4.69, 9.17) is 9.72 Å². The number of pyridine rings is 1. The van der Waals surface area contributed by atoms with Crippen molar-refractivity contribution < 1.29 is 4.74 Å². The Kier molecular flexibility index (Phi) is 9.81. The second kappa shape index (κ2) is 13.1. The minimum absolute atomic E-state index is 0.289. The molecule has 0 N–H and O–H groups in total. The summed E-state index contributed by atoms with van der Waals surface area (Å²) < 4.78 is 5.83. The molecule has 2 heteroatoms. The topological polar surface area (TPSA) is 22.1 Å². The molecule has 0 aliphatic rings. The van der Waals surface area contributed by atoms with E-state index in [0.717, 1.165) is 30.9 Å². The lowest BCUT2D eigenvalue weighted by atomic mass is 9.94. The molecule has 32 heavy (non-hydrogen) atoms. The molecule has 3 rings (SSSR count). The van der Waals surface area contributed by atoms with Crippen LogP contribution in [-0.2, 0) is 6.42 Å². The summed E-state index contributed by atoms with van der Waals surface area (Å²) in [6.07, 6.45) is 12.0. The lowest BCUT2D eigenvalue weighted by molar-refractivity contribution is 0.306. The van der Waals surface area contributed by atoms with Crippen LogP contribution in [0.25, 0.3) is 11.1 Å². The van der Waals surface area contributed by atoms with Gasteiger partial charge in [-0.1, -0.05) is 95.3 Å². The number of ether oxygens (including phenoxy) is 1. The summed E-state index contributed by atoms with van der Waals surface area (Å²) in [6.45, 7) is 7.51. The number of nitrogens with zero attached hydrogens (tertiary/aromatic N) is 1. The van der Waals surface area contributed by atoms with E-state index < -0.39 is 0 Å². The number of hydrogen-bond acceptors (Lipinski definition) is 2. The zero-order valence-corrected chi connectivity index (χ0v) is 20.1. The van der Waals surface area contributed by atoms with E-state index in [1.807, 2.05) is 0 Å². The van der Waals surface area contributed by atoms with Crippen LogP contribution >= 0.6 is 0 Å². The second-order valence-corrected chi connectivity index (χ2v) is 8.83. The molecule has 170 valence electrons. The third kappa shape index (κ3) is 7.22. The van der Waals surface area contributed by atoms with Crippen molar-refractivity contribution in [1.82, 2.24) is 4.98 Å². The van der Waals surface area contributed by atoms with Gasteiger partial charge in [-0.05, 0) is 59.7 Å². The Morgan fingerprint density at radius 3 is 2.00 bits per heavy atom. The largest absolute Gasteiger partial charge is 0.494 e. The van der Waals surface area contributed by atoms with Crippen LogP contribution in [0, 0.1) is 0 Å². The molecule has 0 bridgehead atoms. The third-order valence-electron chi connectivity index (χ3n) is 6.23. The van der Waals surface area contributed by atoms with Crippen molar-refractivity contribution in [3.05, 3.63) is 83.7 Å². The van der Waals surface area contributed by atoms with Crippen molar-refractivity contribution in [2.75, 3.05) is 6.61 Å². The van der Waals surface area contributed by atoms with E-state index in [2.05, 4.69) is 87.6 Å². The number of aromatic nitrogens is 1. The average Bonchev–Trinajstić information content (AvgIpc) is 2.85. The molecule has 3 aromatic rings. The first-order valence-corrected chi connectivity index (χ1v) is 12.5. The fourth-order valence-electron chi connectivity index (χ4n) is 4.02. The zero-order chi connectivity index (χ0) is 22.6. The van der Waals surface area contributed by atoms with Gasteiger partial charge in [0.1, 0.15) is 5.75 Å². The molecule has 0 saturated carbocycles. The standard InChI is InChI=1S/C30H39NO/c1-4-6-8-9-11-25-12-21-30(31-23-25)24(3)26-13-15-27(16-14-26)28-17-19-29(20-18-28)32-22-10-7-5-2/h12-21,23-24H,4-11,22H2,1-3H3. The Bertz CT molecular complexity index is 897. The molecule has 2 nitrogen and oxygen atoms in total. The van der Waals surface area contributed by atoms with Crippen LogP contribution in [0.1, 0.15) is 88.5 Å². The first-order valence-electron chi connectivity index (χ1n) is 12.5. The van der Waals surface area contributed by atoms with Crippen molar-refractivity contribution in [2.45, 2.75) is 78.1 Å². The normalized spacial score (nSPS) is 12.0. The van der Waals surface area contributed by atoms with E-state index in [0.29, 0.717) is 0 Å². The number of rotatable bonds is 13. The van der Waals surface area contributed by atoms with E-state index >= 15 is 0 Å². The maximum Gasteiger partial charge on any atom is 0.119 e. The summed E-state index contributed by atoms with van der Waals surface area (Å²) in [5.41, 5.74) is 6.24. The van der Waals surface area contributed by atoms with Crippen LogP contribution in [0.5, 0.6) is 5.75 Å². The SMILES string of the molecule is CCCCCCc1ccc(C(C)c2ccc(-c3ccc(OCCCCC)cc3)cc2)nc1. The molecule has 2 aromatic carbocycles. The fraction of sp³-hybridized carbons (Fsp3) is 0.433. The minimum Gasteiger partial charge on any atom is -0.494 e. The van der Waals surface area contributed by atoms with Gasteiger partial charge in [0.2, 0.25) is 0 Å². The van der Waals surface area contributed by atoms with Gasteiger partial charge in [-0.15, -0.1) is 0 Å². The highest BCUT2D eigenvalue weighted by Gasteiger charge is 2.10. The van der Waals surface area contributed by atoms with Crippen molar-refractivity contribution in [3.8, 4) is 16.9 Å². The summed E-state index contributed by atoms with van der Waals surface area (Å²) in [5, 5.41) is 0. The molecule has 0 saturated heterocycles. The molecule has 0 aliphatic heterocycles. The van der Waals surface area contributed by atoms with Crippen molar-refractivity contribution in [2.24, 2.45) is 0 Å². The van der Waals surface area contributed by atoms with Gasteiger partial charge >= 0.3 is 0 Å². The lowest BCUT2D eigenvalue weighted by Gasteiger charge is -2.13. The van der Waals surface area contributed by atoms with Gasteiger partial charge in [0.15, 0.2) is 0 Å².